The number of hydrogen-bond donors (Lipinski definition) is 3. The summed E-state index contributed by atoms with van der Waals surface area (Å²) in [6, 6.07) is 17.4. The number of carboxylic acid groups (broad SMARTS) is 1. The summed E-state index contributed by atoms with van der Waals surface area (Å²) < 4.78 is 32.9. The number of aryl methyl sites for hydroxylation is 1. The second kappa shape index (κ2) is 8.86. The SMILES string of the molecule is Cc1cc(S(=O)(=O)O)c(/N=N/c2ccc(-c3c(O)c(C(=O)O)cc4ccccc34)cc2)cc1Cl. The Hall–Kier alpha value is -3.79. The Labute approximate surface area is 199 Å². The second-order valence-corrected chi connectivity index (χ2v) is 9.26. The molecule has 10 heteroatoms. The molecule has 3 N–H and O–H groups in total. The molecule has 4 rings (SSSR count). The van der Waals surface area contributed by atoms with Crippen LogP contribution in [-0.4, -0.2) is 29.2 Å². The smallest absolute Gasteiger partial charge is 0.339 e. The first-order valence-electron chi connectivity index (χ1n) is 9.84. The van der Waals surface area contributed by atoms with Gasteiger partial charge in [0.25, 0.3) is 10.1 Å². The maximum Gasteiger partial charge on any atom is 0.339 e. The molecule has 0 amide bonds. The molecule has 0 saturated carbocycles. The lowest BCUT2D eigenvalue weighted by Gasteiger charge is -2.12. The third kappa shape index (κ3) is 4.49. The third-order valence-electron chi connectivity index (χ3n) is 5.20. The molecule has 0 aliphatic carbocycles. The maximum atomic E-state index is 11.7. The van der Waals surface area contributed by atoms with Gasteiger partial charge in [-0.05, 0) is 59.2 Å². The van der Waals surface area contributed by atoms with Crippen LogP contribution < -0.4 is 0 Å². The fraction of sp³-hybridized carbons (Fsp3) is 0.0417. The fourth-order valence-corrected chi connectivity index (χ4v) is 4.38. The van der Waals surface area contributed by atoms with Gasteiger partial charge in [0, 0.05) is 10.6 Å². The quantitative estimate of drug-likeness (QED) is 0.212. The van der Waals surface area contributed by atoms with Crippen LogP contribution >= 0.6 is 11.6 Å². The summed E-state index contributed by atoms with van der Waals surface area (Å²) >= 11 is 6.06. The molecule has 0 aliphatic heterocycles. The summed E-state index contributed by atoms with van der Waals surface area (Å²) in [5, 5.41) is 29.7. The lowest BCUT2D eigenvalue weighted by Crippen LogP contribution is -1.99. The van der Waals surface area contributed by atoms with Crippen LogP contribution in [0.3, 0.4) is 0 Å². The minimum absolute atomic E-state index is 0.125. The molecule has 0 heterocycles. The molecule has 0 spiro atoms. The molecule has 0 unspecified atom stereocenters. The summed E-state index contributed by atoms with van der Waals surface area (Å²) in [5.74, 6) is -1.60. The molecule has 0 bridgehead atoms. The van der Waals surface area contributed by atoms with Crippen molar-refractivity contribution in [3.05, 3.63) is 82.9 Å². The van der Waals surface area contributed by atoms with Crippen molar-refractivity contribution in [1.29, 1.82) is 0 Å². The fourth-order valence-electron chi connectivity index (χ4n) is 3.53. The summed E-state index contributed by atoms with van der Waals surface area (Å²) in [7, 11) is -4.54. The predicted octanol–water partition coefficient (Wildman–Crippen LogP) is 6.53. The number of halogens is 1. The number of hydrogen-bond acceptors (Lipinski definition) is 6. The Kier molecular flexibility index (Phi) is 6.09. The monoisotopic (exact) mass is 496 g/mol. The number of aromatic carboxylic acids is 1. The average Bonchev–Trinajstić information content (AvgIpc) is 2.79. The van der Waals surface area contributed by atoms with Crippen LogP contribution in [0.1, 0.15) is 15.9 Å². The Bertz CT molecular complexity index is 1580. The van der Waals surface area contributed by atoms with E-state index in [0.717, 1.165) is 0 Å². The Balaban J connectivity index is 1.76. The van der Waals surface area contributed by atoms with E-state index in [9.17, 15) is 28.0 Å². The molecule has 0 atom stereocenters. The second-order valence-electron chi connectivity index (χ2n) is 7.47. The van der Waals surface area contributed by atoms with Crippen molar-refractivity contribution in [3.8, 4) is 16.9 Å². The molecular weight excluding hydrogens is 480 g/mol. The van der Waals surface area contributed by atoms with E-state index in [0.29, 0.717) is 33.2 Å². The summed E-state index contributed by atoms with van der Waals surface area (Å²) in [4.78, 5) is 11.2. The predicted molar refractivity (Wildman–Crippen MR) is 128 cm³/mol. The van der Waals surface area contributed by atoms with E-state index in [4.69, 9.17) is 11.6 Å². The van der Waals surface area contributed by atoms with E-state index in [-0.39, 0.29) is 22.0 Å². The molecule has 0 radical (unpaired) electrons. The molecule has 4 aromatic rings. The number of nitrogens with zero attached hydrogens (tertiary/aromatic N) is 2. The van der Waals surface area contributed by atoms with Gasteiger partial charge in [-0.25, -0.2) is 4.79 Å². The number of benzene rings is 4. The zero-order chi connectivity index (χ0) is 24.6. The van der Waals surface area contributed by atoms with Gasteiger partial charge in [0.05, 0.1) is 5.69 Å². The molecule has 172 valence electrons. The van der Waals surface area contributed by atoms with Crippen molar-refractivity contribution < 1.29 is 28.0 Å². The lowest BCUT2D eigenvalue weighted by atomic mass is 9.94. The highest BCUT2D eigenvalue weighted by molar-refractivity contribution is 7.86. The van der Waals surface area contributed by atoms with Gasteiger partial charge in [-0.2, -0.15) is 13.5 Å². The number of carbonyl (C=O) groups is 1. The summed E-state index contributed by atoms with van der Waals surface area (Å²) in [6.45, 7) is 1.59. The number of azo groups is 1. The summed E-state index contributed by atoms with van der Waals surface area (Å²) in [6.07, 6.45) is 0. The van der Waals surface area contributed by atoms with Crippen molar-refractivity contribution in [2.45, 2.75) is 11.8 Å². The number of aromatic hydroxyl groups is 1. The van der Waals surface area contributed by atoms with Gasteiger partial charge in [-0.15, -0.1) is 5.11 Å². The van der Waals surface area contributed by atoms with E-state index >= 15 is 0 Å². The van der Waals surface area contributed by atoms with Crippen LogP contribution in [0.4, 0.5) is 11.4 Å². The van der Waals surface area contributed by atoms with Gasteiger partial charge in [0.15, 0.2) is 0 Å². The van der Waals surface area contributed by atoms with Gasteiger partial charge >= 0.3 is 5.97 Å². The van der Waals surface area contributed by atoms with E-state index in [2.05, 4.69) is 10.2 Å². The first kappa shape index (κ1) is 23.4. The van der Waals surface area contributed by atoms with Crippen LogP contribution in [0.15, 0.2) is 81.9 Å². The van der Waals surface area contributed by atoms with Crippen LogP contribution in [0, 0.1) is 6.92 Å². The van der Waals surface area contributed by atoms with Gasteiger partial charge in [0.1, 0.15) is 21.9 Å². The minimum atomic E-state index is -4.54. The lowest BCUT2D eigenvalue weighted by molar-refractivity contribution is 0.0694. The van der Waals surface area contributed by atoms with Gasteiger partial charge in [-0.3, -0.25) is 4.55 Å². The molecular formula is C24H17ClN2O6S. The van der Waals surface area contributed by atoms with E-state index in [1.165, 1.54) is 18.2 Å². The topological polar surface area (TPSA) is 137 Å². The van der Waals surface area contributed by atoms with E-state index in [1.54, 1.807) is 55.5 Å². The largest absolute Gasteiger partial charge is 0.506 e. The molecule has 0 fully saturated rings. The first-order valence-corrected chi connectivity index (χ1v) is 11.7. The number of rotatable bonds is 5. The van der Waals surface area contributed by atoms with Gasteiger partial charge < -0.3 is 10.2 Å². The number of fused-ring (bicyclic) bond motifs is 1. The molecule has 4 aromatic carbocycles. The third-order valence-corrected chi connectivity index (χ3v) is 6.49. The Morgan fingerprint density at radius 2 is 1.65 bits per heavy atom. The number of phenols is 1. The highest BCUT2D eigenvalue weighted by atomic mass is 35.5. The first-order chi connectivity index (χ1) is 16.1. The van der Waals surface area contributed by atoms with Crippen LogP contribution in [-0.2, 0) is 10.1 Å². The van der Waals surface area contributed by atoms with Crippen LogP contribution in [0.25, 0.3) is 21.9 Å². The highest BCUT2D eigenvalue weighted by Gasteiger charge is 2.19. The van der Waals surface area contributed by atoms with Crippen molar-refractivity contribution in [2.24, 2.45) is 10.2 Å². The van der Waals surface area contributed by atoms with Crippen molar-refractivity contribution >= 4 is 49.8 Å². The van der Waals surface area contributed by atoms with Gasteiger partial charge in [0.2, 0.25) is 0 Å². The Morgan fingerprint density at radius 3 is 2.29 bits per heavy atom. The zero-order valence-corrected chi connectivity index (χ0v) is 19.2. The maximum absolute atomic E-state index is 11.7. The molecule has 8 nitrogen and oxygen atoms in total. The molecule has 0 aliphatic rings. The molecule has 0 aromatic heterocycles. The van der Waals surface area contributed by atoms with Crippen molar-refractivity contribution in [3.63, 3.8) is 0 Å². The highest BCUT2D eigenvalue weighted by Crippen LogP contribution is 2.40. The summed E-state index contributed by atoms with van der Waals surface area (Å²) in [5.41, 5.74) is 1.37. The van der Waals surface area contributed by atoms with E-state index < -0.39 is 21.0 Å². The minimum Gasteiger partial charge on any atom is -0.506 e. The van der Waals surface area contributed by atoms with Crippen LogP contribution in [0.5, 0.6) is 5.75 Å². The average molecular weight is 497 g/mol. The number of carboxylic acids is 1. The normalized spacial score (nSPS) is 11.9. The van der Waals surface area contributed by atoms with Gasteiger partial charge in [-0.1, -0.05) is 48.0 Å². The standard InChI is InChI=1S/C24H17ClN2O6S/c1-13-10-21(34(31,32)33)20(12-19(13)25)27-26-16-8-6-14(7-9-16)22-17-5-3-2-4-15(17)11-18(23(22)28)24(29)30/h2-12,28H,1H3,(H,29,30)(H,31,32,33)/b27-26+. The molecule has 0 saturated heterocycles. The van der Waals surface area contributed by atoms with Crippen molar-refractivity contribution in [1.82, 2.24) is 0 Å². The Morgan fingerprint density at radius 1 is 0.971 bits per heavy atom. The van der Waals surface area contributed by atoms with Crippen LogP contribution in [0.2, 0.25) is 5.02 Å². The van der Waals surface area contributed by atoms with Crippen molar-refractivity contribution in [2.75, 3.05) is 0 Å². The van der Waals surface area contributed by atoms with E-state index in [1.807, 2.05) is 0 Å². The molecule has 34 heavy (non-hydrogen) atoms. The zero-order valence-electron chi connectivity index (χ0n) is 17.6.